The quantitative estimate of drug-likeness (QED) is 0.137. The third kappa shape index (κ3) is 4.65. The SMILES string of the molecule is c1ccc(-c2nc(-c3c4ccccc4c(-c4ccccc4)c4ccccc34)nc(-c3cc4c5ccccc5c5ccccc5c4c4ccccc34)n2)cc1. The van der Waals surface area contributed by atoms with Gasteiger partial charge in [0.15, 0.2) is 17.5 Å². The van der Waals surface area contributed by atoms with Crippen LogP contribution < -0.4 is 0 Å². The number of benzene rings is 10. The summed E-state index contributed by atoms with van der Waals surface area (Å²) in [6.07, 6.45) is 0. The Morgan fingerprint density at radius 2 is 0.611 bits per heavy atom. The molecule has 0 N–H and O–H groups in total. The van der Waals surface area contributed by atoms with E-state index >= 15 is 0 Å². The van der Waals surface area contributed by atoms with Gasteiger partial charge in [-0.2, -0.15) is 0 Å². The third-order valence-electron chi connectivity index (χ3n) is 10.9. The molecular weight excluding hydrogens is 655 g/mol. The van der Waals surface area contributed by atoms with E-state index in [1.807, 2.05) is 18.2 Å². The van der Waals surface area contributed by atoms with Gasteiger partial charge in [-0.1, -0.05) is 182 Å². The summed E-state index contributed by atoms with van der Waals surface area (Å²) in [5.41, 5.74) is 5.32. The lowest BCUT2D eigenvalue weighted by Gasteiger charge is -2.18. The molecule has 0 aliphatic heterocycles. The Morgan fingerprint density at radius 1 is 0.241 bits per heavy atom. The van der Waals surface area contributed by atoms with Gasteiger partial charge in [-0.25, -0.2) is 15.0 Å². The predicted molar refractivity (Wildman–Crippen MR) is 227 cm³/mol. The molecule has 0 aliphatic carbocycles. The molecule has 0 unspecified atom stereocenters. The molecule has 3 nitrogen and oxygen atoms in total. The first-order valence-corrected chi connectivity index (χ1v) is 18.4. The van der Waals surface area contributed by atoms with Crippen LogP contribution in [-0.2, 0) is 0 Å². The molecule has 10 aromatic carbocycles. The molecule has 1 heterocycles. The fourth-order valence-electron chi connectivity index (χ4n) is 8.56. The van der Waals surface area contributed by atoms with E-state index in [2.05, 4.69) is 170 Å². The summed E-state index contributed by atoms with van der Waals surface area (Å²) in [6, 6.07) is 66.8. The molecule has 11 rings (SSSR count). The molecule has 3 heteroatoms. The lowest BCUT2D eigenvalue weighted by Crippen LogP contribution is -2.02. The number of hydrogen-bond acceptors (Lipinski definition) is 3. The van der Waals surface area contributed by atoms with E-state index in [9.17, 15) is 0 Å². The Balaban J connectivity index is 1.28. The van der Waals surface area contributed by atoms with Crippen molar-refractivity contribution in [2.75, 3.05) is 0 Å². The summed E-state index contributed by atoms with van der Waals surface area (Å²) in [4.78, 5) is 16.1. The first-order chi connectivity index (χ1) is 26.8. The molecular formula is C51H31N3. The number of rotatable bonds is 4. The third-order valence-corrected chi connectivity index (χ3v) is 10.9. The summed E-state index contributed by atoms with van der Waals surface area (Å²) < 4.78 is 0. The van der Waals surface area contributed by atoms with Gasteiger partial charge in [-0.05, 0) is 81.8 Å². The maximum atomic E-state index is 5.48. The molecule has 0 amide bonds. The largest absolute Gasteiger partial charge is 0.208 e. The van der Waals surface area contributed by atoms with E-state index in [1.165, 1.54) is 48.8 Å². The van der Waals surface area contributed by atoms with E-state index in [4.69, 9.17) is 15.0 Å². The molecule has 250 valence electrons. The summed E-state index contributed by atoms with van der Waals surface area (Å²) in [5.74, 6) is 1.94. The van der Waals surface area contributed by atoms with Crippen LogP contribution in [0.3, 0.4) is 0 Å². The van der Waals surface area contributed by atoms with Crippen molar-refractivity contribution < 1.29 is 0 Å². The highest BCUT2D eigenvalue weighted by atomic mass is 15.0. The fourth-order valence-corrected chi connectivity index (χ4v) is 8.56. The monoisotopic (exact) mass is 685 g/mol. The minimum absolute atomic E-state index is 0.642. The Kier molecular flexibility index (Phi) is 6.86. The van der Waals surface area contributed by atoms with Crippen LogP contribution in [0, 0.1) is 0 Å². The van der Waals surface area contributed by atoms with Crippen molar-refractivity contribution in [2.45, 2.75) is 0 Å². The highest BCUT2D eigenvalue weighted by molar-refractivity contribution is 6.33. The number of nitrogens with zero attached hydrogens (tertiary/aromatic N) is 3. The Labute approximate surface area is 311 Å². The summed E-state index contributed by atoms with van der Waals surface area (Å²) in [7, 11) is 0. The zero-order valence-corrected chi connectivity index (χ0v) is 29.2. The molecule has 0 spiro atoms. The van der Waals surface area contributed by atoms with Crippen LogP contribution >= 0.6 is 0 Å². The van der Waals surface area contributed by atoms with E-state index in [-0.39, 0.29) is 0 Å². The number of hydrogen-bond donors (Lipinski definition) is 0. The van der Waals surface area contributed by atoms with E-state index in [0.29, 0.717) is 17.5 Å². The lowest BCUT2D eigenvalue weighted by molar-refractivity contribution is 1.08. The first-order valence-electron chi connectivity index (χ1n) is 18.4. The summed E-state index contributed by atoms with van der Waals surface area (Å²) >= 11 is 0. The maximum Gasteiger partial charge on any atom is 0.165 e. The second-order valence-electron chi connectivity index (χ2n) is 13.9. The normalized spacial score (nSPS) is 11.7. The van der Waals surface area contributed by atoms with E-state index < -0.39 is 0 Å². The van der Waals surface area contributed by atoms with Crippen LogP contribution in [0.25, 0.3) is 110 Å². The van der Waals surface area contributed by atoms with Crippen molar-refractivity contribution >= 4 is 64.6 Å². The minimum atomic E-state index is 0.642. The Morgan fingerprint density at radius 3 is 1.19 bits per heavy atom. The maximum absolute atomic E-state index is 5.48. The molecule has 0 radical (unpaired) electrons. The zero-order valence-electron chi connectivity index (χ0n) is 29.2. The van der Waals surface area contributed by atoms with Crippen LogP contribution in [-0.4, -0.2) is 15.0 Å². The smallest absolute Gasteiger partial charge is 0.165 e. The molecule has 0 atom stereocenters. The van der Waals surface area contributed by atoms with Crippen LogP contribution in [0.4, 0.5) is 0 Å². The Bertz CT molecular complexity index is 3200. The molecule has 54 heavy (non-hydrogen) atoms. The first kappa shape index (κ1) is 30.4. The number of fused-ring (bicyclic) bond motifs is 10. The van der Waals surface area contributed by atoms with Crippen molar-refractivity contribution in [1.29, 1.82) is 0 Å². The van der Waals surface area contributed by atoms with Gasteiger partial charge in [0.1, 0.15) is 0 Å². The van der Waals surface area contributed by atoms with Gasteiger partial charge in [-0.15, -0.1) is 0 Å². The van der Waals surface area contributed by atoms with Crippen molar-refractivity contribution in [2.24, 2.45) is 0 Å². The summed E-state index contributed by atoms with van der Waals surface area (Å²) in [6.45, 7) is 0. The zero-order chi connectivity index (χ0) is 35.6. The molecule has 0 saturated heterocycles. The van der Waals surface area contributed by atoms with Crippen LogP contribution in [0.5, 0.6) is 0 Å². The van der Waals surface area contributed by atoms with Crippen molar-refractivity contribution in [3.05, 3.63) is 188 Å². The van der Waals surface area contributed by atoms with Crippen LogP contribution in [0.2, 0.25) is 0 Å². The predicted octanol–water partition coefficient (Wildman–Crippen LogP) is 13.5. The van der Waals surface area contributed by atoms with Crippen LogP contribution in [0.15, 0.2) is 188 Å². The van der Waals surface area contributed by atoms with Gasteiger partial charge in [0, 0.05) is 16.7 Å². The topological polar surface area (TPSA) is 38.7 Å². The van der Waals surface area contributed by atoms with Crippen molar-refractivity contribution in [3.63, 3.8) is 0 Å². The van der Waals surface area contributed by atoms with Gasteiger partial charge in [0.25, 0.3) is 0 Å². The Hall–Kier alpha value is -7.23. The highest BCUT2D eigenvalue weighted by Gasteiger charge is 2.22. The van der Waals surface area contributed by atoms with Crippen molar-refractivity contribution in [1.82, 2.24) is 15.0 Å². The van der Waals surface area contributed by atoms with Gasteiger partial charge in [0.2, 0.25) is 0 Å². The summed E-state index contributed by atoms with van der Waals surface area (Å²) in [5, 5.41) is 14.2. The molecule has 0 fully saturated rings. The molecule has 11 aromatic rings. The van der Waals surface area contributed by atoms with Gasteiger partial charge in [-0.3, -0.25) is 0 Å². The average Bonchev–Trinajstić information content (AvgIpc) is 3.25. The standard InChI is InChI=1S/C51H31N3/c1-3-17-32(18-4-1)46-40-27-13-15-29-42(40)48(43-30-16-14-28-41(43)46)51-53-49(33-19-5-2-6-20-33)52-50(54-51)45-31-44-36-23-8-7-21-34(36)35-22-9-11-25-38(35)47(44)39-26-12-10-24-37(39)45/h1-31H. The second kappa shape index (κ2) is 12.2. The number of aromatic nitrogens is 3. The lowest BCUT2D eigenvalue weighted by atomic mass is 9.88. The molecule has 0 bridgehead atoms. The van der Waals surface area contributed by atoms with Gasteiger partial charge < -0.3 is 0 Å². The van der Waals surface area contributed by atoms with E-state index in [0.717, 1.165) is 43.6 Å². The molecule has 0 saturated carbocycles. The average molecular weight is 686 g/mol. The highest BCUT2D eigenvalue weighted by Crippen LogP contribution is 2.45. The fraction of sp³-hybridized carbons (Fsp3) is 0. The van der Waals surface area contributed by atoms with Crippen molar-refractivity contribution in [3.8, 4) is 45.3 Å². The molecule has 1 aromatic heterocycles. The van der Waals surface area contributed by atoms with Gasteiger partial charge in [0.05, 0.1) is 0 Å². The van der Waals surface area contributed by atoms with Gasteiger partial charge >= 0.3 is 0 Å². The minimum Gasteiger partial charge on any atom is -0.208 e. The second-order valence-corrected chi connectivity index (χ2v) is 13.9. The van der Waals surface area contributed by atoms with E-state index in [1.54, 1.807) is 0 Å². The van der Waals surface area contributed by atoms with Crippen LogP contribution in [0.1, 0.15) is 0 Å². The molecule has 0 aliphatic rings.